The Labute approximate surface area is 152 Å². The highest BCUT2D eigenvalue weighted by Crippen LogP contribution is 2.18. The molecule has 6 heteroatoms. The number of nitrogens with zero attached hydrogens (tertiary/aromatic N) is 3. The second kappa shape index (κ2) is 7.70. The van der Waals surface area contributed by atoms with Gasteiger partial charge in [-0.25, -0.2) is 0 Å². The fraction of sp³-hybridized carbons (Fsp3) is 0.250. The van der Waals surface area contributed by atoms with Gasteiger partial charge in [-0.2, -0.15) is 5.26 Å². The van der Waals surface area contributed by atoms with E-state index in [-0.39, 0.29) is 0 Å². The largest absolute Gasteiger partial charge is 0.368 e. The zero-order chi connectivity index (χ0) is 18.5. The summed E-state index contributed by atoms with van der Waals surface area (Å²) in [6.07, 6.45) is 0. The van der Waals surface area contributed by atoms with E-state index in [1.807, 2.05) is 12.1 Å². The molecule has 0 atom stereocenters. The summed E-state index contributed by atoms with van der Waals surface area (Å²) in [4.78, 5) is 28.4. The van der Waals surface area contributed by atoms with Crippen LogP contribution in [0.4, 0.5) is 11.4 Å². The first kappa shape index (κ1) is 17.5. The fourth-order valence-electron chi connectivity index (χ4n) is 2.99. The smallest absolute Gasteiger partial charge is 0.313 e. The predicted octanol–water partition coefficient (Wildman–Crippen LogP) is 2.15. The number of carbonyl (C=O) groups is 2. The molecule has 26 heavy (non-hydrogen) atoms. The summed E-state index contributed by atoms with van der Waals surface area (Å²) in [7, 11) is 0. The molecule has 2 amide bonds. The maximum absolute atomic E-state index is 12.4. The zero-order valence-corrected chi connectivity index (χ0v) is 14.6. The Morgan fingerprint density at radius 1 is 1.04 bits per heavy atom. The second-order valence-electron chi connectivity index (χ2n) is 6.26. The van der Waals surface area contributed by atoms with Gasteiger partial charge in [0.05, 0.1) is 11.6 Å². The maximum atomic E-state index is 12.4. The highest BCUT2D eigenvalue weighted by atomic mass is 16.2. The molecule has 0 radical (unpaired) electrons. The number of aryl methyl sites for hydroxylation is 1. The van der Waals surface area contributed by atoms with Gasteiger partial charge in [-0.05, 0) is 42.8 Å². The first-order valence-corrected chi connectivity index (χ1v) is 8.49. The lowest BCUT2D eigenvalue weighted by Gasteiger charge is -2.35. The molecule has 2 aromatic rings. The quantitative estimate of drug-likeness (QED) is 0.844. The molecule has 0 saturated carbocycles. The van der Waals surface area contributed by atoms with Crippen molar-refractivity contribution in [2.45, 2.75) is 6.92 Å². The summed E-state index contributed by atoms with van der Waals surface area (Å²) in [6, 6.07) is 16.8. The van der Waals surface area contributed by atoms with Crippen molar-refractivity contribution in [1.82, 2.24) is 4.90 Å². The summed E-state index contributed by atoms with van der Waals surface area (Å²) in [6.45, 7) is 4.42. The van der Waals surface area contributed by atoms with Crippen molar-refractivity contribution in [2.75, 3.05) is 36.4 Å². The number of nitriles is 1. The van der Waals surface area contributed by atoms with Gasteiger partial charge in [-0.1, -0.05) is 18.2 Å². The third-order valence-electron chi connectivity index (χ3n) is 4.38. The van der Waals surface area contributed by atoms with Gasteiger partial charge in [0.1, 0.15) is 0 Å². The zero-order valence-electron chi connectivity index (χ0n) is 14.6. The van der Waals surface area contributed by atoms with Crippen LogP contribution in [0.3, 0.4) is 0 Å². The monoisotopic (exact) mass is 348 g/mol. The van der Waals surface area contributed by atoms with Crippen LogP contribution in [0.1, 0.15) is 11.1 Å². The minimum Gasteiger partial charge on any atom is -0.368 e. The van der Waals surface area contributed by atoms with E-state index < -0.39 is 11.8 Å². The molecule has 0 spiro atoms. The molecular weight excluding hydrogens is 328 g/mol. The molecule has 0 bridgehead atoms. The van der Waals surface area contributed by atoms with Crippen LogP contribution in [0.15, 0.2) is 48.5 Å². The van der Waals surface area contributed by atoms with E-state index in [1.54, 1.807) is 29.2 Å². The van der Waals surface area contributed by atoms with Crippen LogP contribution in [0, 0.1) is 18.3 Å². The molecule has 0 unspecified atom stereocenters. The minimum absolute atomic E-state index is 0.432. The number of hydrogen-bond acceptors (Lipinski definition) is 4. The van der Waals surface area contributed by atoms with Crippen LogP contribution in [-0.4, -0.2) is 42.9 Å². The molecule has 1 aliphatic rings. The van der Waals surface area contributed by atoms with Crippen molar-refractivity contribution in [3.05, 3.63) is 59.7 Å². The molecule has 1 heterocycles. The Hall–Kier alpha value is -3.33. The Balaban J connectivity index is 1.57. The van der Waals surface area contributed by atoms with Gasteiger partial charge in [0, 0.05) is 37.6 Å². The Morgan fingerprint density at radius 2 is 1.77 bits per heavy atom. The van der Waals surface area contributed by atoms with E-state index >= 15 is 0 Å². The average molecular weight is 348 g/mol. The first-order valence-electron chi connectivity index (χ1n) is 8.49. The third kappa shape index (κ3) is 4.01. The number of rotatable bonds is 2. The average Bonchev–Trinajstić information content (AvgIpc) is 2.67. The highest BCUT2D eigenvalue weighted by Gasteiger charge is 2.26. The van der Waals surface area contributed by atoms with Gasteiger partial charge < -0.3 is 15.1 Å². The van der Waals surface area contributed by atoms with Crippen molar-refractivity contribution in [2.24, 2.45) is 0 Å². The molecular formula is C20H20N4O2. The van der Waals surface area contributed by atoms with Crippen LogP contribution >= 0.6 is 0 Å². The predicted molar refractivity (Wildman–Crippen MR) is 99.8 cm³/mol. The fourth-order valence-corrected chi connectivity index (χ4v) is 2.99. The maximum Gasteiger partial charge on any atom is 0.313 e. The summed E-state index contributed by atoms with van der Waals surface area (Å²) in [5.74, 6) is -1.22. The van der Waals surface area contributed by atoms with E-state index in [0.29, 0.717) is 37.4 Å². The molecule has 0 aliphatic carbocycles. The number of nitrogens with one attached hydrogen (secondary N) is 1. The molecule has 132 valence electrons. The van der Waals surface area contributed by atoms with Gasteiger partial charge in [0.25, 0.3) is 0 Å². The minimum atomic E-state index is -0.677. The van der Waals surface area contributed by atoms with Crippen LogP contribution in [0.5, 0.6) is 0 Å². The molecule has 1 saturated heterocycles. The number of anilines is 2. The van der Waals surface area contributed by atoms with E-state index in [1.165, 1.54) is 5.56 Å². The molecule has 6 nitrogen and oxygen atoms in total. The molecule has 1 fully saturated rings. The second-order valence-corrected chi connectivity index (χ2v) is 6.26. The van der Waals surface area contributed by atoms with Crippen LogP contribution in [0.25, 0.3) is 0 Å². The topological polar surface area (TPSA) is 76.4 Å². The number of hydrogen-bond donors (Lipinski definition) is 1. The van der Waals surface area contributed by atoms with Crippen LogP contribution < -0.4 is 10.2 Å². The van der Waals surface area contributed by atoms with E-state index in [9.17, 15) is 9.59 Å². The number of carbonyl (C=O) groups excluding carboxylic acids is 2. The van der Waals surface area contributed by atoms with Gasteiger partial charge in [0.15, 0.2) is 0 Å². The third-order valence-corrected chi connectivity index (χ3v) is 4.38. The van der Waals surface area contributed by atoms with E-state index in [4.69, 9.17) is 5.26 Å². The van der Waals surface area contributed by atoms with E-state index in [0.717, 1.165) is 5.69 Å². The van der Waals surface area contributed by atoms with Gasteiger partial charge in [-0.3, -0.25) is 9.59 Å². The number of benzene rings is 2. The van der Waals surface area contributed by atoms with Gasteiger partial charge in [0.2, 0.25) is 0 Å². The summed E-state index contributed by atoms with van der Waals surface area (Å²) >= 11 is 0. The lowest BCUT2D eigenvalue weighted by Crippen LogP contribution is -2.51. The van der Waals surface area contributed by atoms with Crippen molar-refractivity contribution in [3.8, 4) is 6.07 Å². The Kier molecular flexibility index (Phi) is 5.18. The molecule has 3 rings (SSSR count). The standard InChI is InChI=1S/C20H20N4O2/c1-15-4-2-7-18(12-15)23-8-10-24(11-9-23)20(26)19(25)22-17-6-3-5-16(13-17)14-21/h2-7,12-13H,8-11H2,1H3,(H,22,25). The lowest BCUT2D eigenvalue weighted by atomic mass is 10.2. The number of amides is 2. The van der Waals surface area contributed by atoms with Crippen LogP contribution in [-0.2, 0) is 9.59 Å². The van der Waals surface area contributed by atoms with Crippen molar-refractivity contribution >= 4 is 23.2 Å². The first-order chi connectivity index (χ1) is 12.6. The normalized spacial score (nSPS) is 13.8. The SMILES string of the molecule is Cc1cccc(N2CCN(C(=O)C(=O)Nc3cccc(C#N)c3)CC2)c1. The summed E-state index contributed by atoms with van der Waals surface area (Å²) in [5.41, 5.74) is 3.21. The lowest BCUT2D eigenvalue weighted by molar-refractivity contribution is -0.143. The van der Waals surface area contributed by atoms with Crippen LogP contribution in [0.2, 0.25) is 0 Å². The van der Waals surface area contributed by atoms with E-state index in [2.05, 4.69) is 35.3 Å². The number of piperazine rings is 1. The van der Waals surface area contributed by atoms with Gasteiger partial charge >= 0.3 is 11.8 Å². The summed E-state index contributed by atoms with van der Waals surface area (Å²) in [5, 5.41) is 11.5. The Morgan fingerprint density at radius 3 is 2.46 bits per heavy atom. The Bertz CT molecular complexity index is 864. The molecule has 1 N–H and O–H groups in total. The van der Waals surface area contributed by atoms with Crippen molar-refractivity contribution in [1.29, 1.82) is 5.26 Å². The van der Waals surface area contributed by atoms with Gasteiger partial charge in [-0.15, -0.1) is 0 Å². The summed E-state index contributed by atoms with van der Waals surface area (Å²) < 4.78 is 0. The molecule has 2 aromatic carbocycles. The highest BCUT2D eigenvalue weighted by molar-refractivity contribution is 6.39. The molecule has 1 aliphatic heterocycles. The van der Waals surface area contributed by atoms with Crippen molar-refractivity contribution < 1.29 is 9.59 Å². The van der Waals surface area contributed by atoms with Crippen molar-refractivity contribution in [3.63, 3.8) is 0 Å². The molecule has 0 aromatic heterocycles.